The quantitative estimate of drug-likeness (QED) is 0.176. The fourth-order valence-electron chi connectivity index (χ4n) is 8.05. The zero-order valence-corrected chi connectivity index (χ0v) is 34.2. The summed E-state index contributed by atoms with van der Waals surface area (Å²) in [6.45, 7) is 3.23. The molecule has 0 saturated heterocycles. The molecule has 0 amide bonds. The van der Waals surface area contributed by atoms with Crippen LogP contribution < -0.4 is 42.6 Å². The third-order valence-corrected chi connectivity index (χ3v) is 11.6. The van der Waals surface area contributed by atoms with E-state index in [1.54, 1.807) is 28.3 Å². The van der Waals surface area contributed by atoms with Gasteiger partial charge in [-0.05, 0) is 79.8 Å². The van der Waals surface area contributed by atoms with Gasteiger partial charge in [-0.25, -0.2) is 9.59 Å². The van der Waals surface area contributed by atoms with Gasteiger partial charge >= 0.3 is 11.4 Å². The highest BCUT2D eigenvalue weighted by molar-refractivity contribution is 5.75. The molecule has 2 saturated carbocycles. The molecule has 0 spiro atoms. The Balaban J connectivity index is 0.000000177. The minimum absolute atomic E-state index is 0.313. The summed E-state index contributed by atoms with van der Waals surface area (Å²) < 4.78 is 18.2. The number of rotatable bonds is 10. The number of anilines is 2. The lowest BCUT2D eigenvalue weighted by Crippen LogP contribution is -2.37. The van der Waals surface area contributed by atoms with Gasteiger partial charge in [0.25, 0.3) is 11.1 Å². The van der Waals surface area contributed by atoms with Crippen LogP contribution in [-0.2, 0) is 34.2 Å². The van der Waals surface area contributed by atoms with Gasteiger partial charge in [0, 0.05) is 33.2 Å². The Labute approximate surface area is 335 Å². The lowest BCUT2D eigenvalue weighted by atomic mass is 9.87. The van der Waals surface area contributed by atoms with Crippen LogP contribution in [0.5, 0.6) is 11.5 Å². The molecule has 4 heterocycles. The number of imidazole rings is 2. The Kier molecular flexibility index (Phi) is 11.9. The normalized spacial score (nSPS) is 17.2. The smallest absolute Gasteiger partial charge is 0.332 e. The molecule has 58 heavy (non-hydrogen) atoms. The van der Waals surface area contributed by atoms with Gasteiger partial charge < -0.3 is 20.1 Å². The maximum absolute atomic E-state index is 13.0. The van der Waals surface area contributed by atoms with E-state index in [9.17, 15) is 19.2 Å². The first-order chi connectivity index (χ1) is 27.9. The number of aromatic amines is 1. The van der Waals surface area contributed by atoms with Crippen LogP contribution in [0.3, 0.4) is 0 Å². The molecule has 0 aliphatic heterocycles. The molecule has 16 heteroatoms. The number of aromatic nitrogens is 8. The minimum Gasteiger partial charge on any atom is -0.497 e. The molecule has 2 aliphatic carbocycles. The fourth-order valence-corrected chi connectivity index (χ4v) is 8.05. The Bertz CT molecular complexity index is 2620. The number of H-pyrrole nitrogens is 1. The summed E-state index contributed by atoms with van der Waals surface area (Å²) in [6, 6.07) is 16.1. The maximum Gasteiger partial charge on any atom is 0.332 e. The Hall–Kier alpha value is -6.06. The third-order valence-electron chi connectivity index (χ3n) is 11.6. The number of methoxy groups -OCH3 is 2. The molecule has 0 radical (unpaired) electrons. The van der Waals surface area contributed by atoms with Gasteiger partial charge in [-0.1, -0.05) is 50.5 Å². The van der Waals surface area contributed by atoms with E-state index in [1.165, 1.54) is 48.3 Å². The fraction of sp³-hybridized carbons (Fsp3) is 0.476. The van der Waals surface area contributed by atoms with Crippen molar-refractivity contribution >= 4 is 34.2 Å². The number of ether oxygens (including phenoxy) is 2. The highest BCUT2D eigenvalue weighted by atomic mass is 16.5. The van der Waals surface area contributed by atoms with Gasteiger partial charge in [0.05, 0.1) is 27.3 Å². The number of nitrogens with one attached hydrogen (secondary N) is 3. The number of fused-ring (bicyclic) bond motifs is 2. The molecular weight excluding hydrogens is 741 g/mol. The highest BCUT2D eigenvalue weighted by Gasteiger charge is 2.24. The second-order valence-corrected chi connectivity index (χ2v) is 15.7. The molecule has 2 aliphatic rings. The lowest BCUT2D eigenvalue weighted by molar-refractivity contribution is 0.360. The second-order valence-electron chi connectivity index (χ2n) is 15.7. The van der Waals surface area contributed by atoms with Crippen LogP contribution in [0.4, 0.5) is 11.9 Å². The van der Waals surface area contributed by atoms with Crippen molar-refractivity contribution in [3.63, 3.8) is 0 Å². The van der Waals surface area contributed by atoms with E-state index < -0.39 is 11.2 Å². The average molecular weight is 795 g/mol. The van der Waals surface area contributed by atoms with E-state index in [1.807, 2.05) is 57.7 Å². The molecule has 16 nitrogen and oxygen atoms in total. The first kappa shape index (κ1) is 40.1. The van der Waals surface area contributed by atoms with Crippen molar-refractivity contribution in [2.45, 2.75) is 89.9 Å². The Morgan fingerprint density at radius 3 is 1.64 bits per heavy atom. The van der Waals surface area contributed by atoms with Crippen molar-refractivity contribution < 1.29 is 9.47 Å². The molecule has 0 bridgehead atoms. The molecule has 3 N–H and O–H groups in total. The van der Waals surface area contributed by atoms with E-state index in [4.69, 9.17) is 14.5 Å². The van der Waals surface area contributed by atoms with Crippen molar-refractivity contribution in [3.8, 4) is 11.5 Å². The summed E-state index contributed by atoms with van der Waals surface area (Å²) in [5.41, 5.74) is 2.07. The average Bonchev–Trinajstić information content (AvgIpc) is 3.78. The largest absolute Gasteiger partial charge is 0.497 e. The van der Waals surface area contributed by atoms with Gasteiger partial charge in [-0.2, -0.15) is 9.97 Å². The summed E-state index contributed by atoms with van der Waals surface area (Å²) >= 11 is 0. The van der Waals surface area contributed by atoms with E-state index >= 15 is 0 Å². The van der Waals surface area contributed by atoms with Crippen molar-refractivity contribution in [1.29, 1.82) is 0 Å². The van der Waals surface area contributed by atoms with Gasteiger partial charge in [0.15, 0.2) is 22.3 Å². The summed E-state index contributed by atoms with van der Waals surface area (Å²) in [4.78, 5) is 61.7. The first-order valence-corrected chi connectivity index (χ1v) is 20.1. The van der Waals surface area contributed by atoms with Gasteiger partial charge in [0.1, 0.15) is 11.5 Å². The summed E-state index contributed by atoms with van der Waals surface area (Å²) in [7, 11) is 8.04. The molecule has 308 valence electrons. The van der Waals surface area contributed by atoms with Crippen LogP contribution in [0.2, 0.25) is 0 Å². The standard InChI is InChI=1S/C22H29N5O3.C20H25N5O3/c1-14-5-9-16(10-6-14)23-21-24-19-18(20(28)26(3)22(29)25(19)2)27(21)13-15-7-11-17(30-4)12-8-15;1-24-17-16(18(26)23-20(24)27)25(12-13-8-10-15(28-2)11-9-13)19(22-17)21-14-6-4-3-5-7-14/h7-8,11-12,14,16H,5-6,9-10,13H2,1-4H3,(H,23,24);8-11,14H,3-7,12H2,1-2H3,(H,21,22)(H,23,26,27). The predicted octanol–water partition coefficient (Wildman–Crippen LogP) is 4.71. The number of hydrogen-bond acceptors (Lipinski definition) is 10. The molecule has 6 aromatic rings. The van der Waals surface area contributed by atoms with Crippen molar-refractivity contribution in [3.05, 3.63) is 101 Å². The van der Waals surface area contributed by atoms with Crippen molar-refractivity contribution in [2.24, 2.45) is 27.1 Å². The van der Waals surface area contributed by atoms with E-state index in [0.29, 0.717) is 59.4 Å². The first-order valence-electron chi connectivity index (χ1n) is 20.1. The Morgan fingerprint density at radius 1 is 0.638 bits per heavy atom. The monoisotopic (exact) mass is 794 g/mol. The number of nitrogens with zero attached hydrogens (tertiary/aromatic N) is 7. The van der Waals surface area contributed by atoms with Crippen LogP contribution in [0.1, 0.15) is 75.8 Å². The highest BCUT2D eigenvalue weighted by Crippen LogP contribution is 2.28. The molecule has 2 aromatic carbocycles. The number of aryl methyl sites for hydroxylation is 2. The molecule has 0 atom stereocenters. The van der Waals surface area contributed by atoms with E-state index in [-0.39, 0.29) is 11.2 Å². The SMILES string of the molecule is COc1ccc(Cn2c(NC3CCC(C)CC3)nc3c2c(=O)n(C)c(=O)n3C)cc1.COc1ccc(Cn2c(NC3CCCCC3)nc3c2c(=O)[nH]c(=O)n3C)cc1. The number of hydrogen-bond donors (Lipinski definition) is 3. The predicted molar refractivity (Wildman–Crippen MR) is 226 cm³/mol. The summed E-state index contributed by atoms with van der Waals surface area (Å²) in [6.07, 6.45) is 10.3. The van der Waals surface area contributed by atoms with Crippen LogP contribution in [0, 0.1) is 5.92 Å². The molecule has 0 unspecified atom stereocenters. The molecule has 8 rings (SSSR count). The zero-order valence-electron chi connectivity index (χ0n) is 34.2. The molecule has 4 aromatic heterocycles. The minimum atomic E-state index is -0.462. The summed E-state index contributed by atoms with van der Waals surface area (Å²) in [5.74, 6) is 3.57. The van der Waals surface area contributed by atoms with Crippen LogP contribution in [0.25, 0.3) is 22.3 Å². The van der Waals surface area contributed by atoms with Crippen LogP contribution in [0.15, 0.2) is 67.7 Å². The van der Waals surface area contributed by atoms with Crippen LogP contribution in [-0.4, -0.2) is 64.1 Å². The van der Waals surface area contributed by atoms with Crippen molar-refractivity contribution in [2.75, 3.05) is 24.9 Å². The Morgan fingerprint density at radius 2 is 1.12 bits per heavy atom. The maximum atomic E-state index is 13.0. The lowest BCUT2D eigenvalue weighted by Gasteiger charge is -2.27. The van der Waals surface area contributed by atoms with Gasteiger partial charge in [-0.15, -0.1) is 0 Å². The molecular formula is C42H54N10O6. The topological polar surface area (TPSA) is 177 Å². The van der Waals surface area contributed by atoms with E-state index in [2.05, 4.69) is 27.5 Å². The number of benzene rings is 2. The van der Waals surface area contributed by atoms with E-state index in [0.717, 1.165) is 58.8 Å². The van der Waals surface area contributed by atoms with Gasteiger partial charge in [-0.3, -0.25) is 37.4 Å². The third kappa shape index (κ3) is 8.31. The van der Waals surface area contributed by atoms with Crippen molar-refractivity contribution in [1.82, 2.24) is 37.8 Å². The molecule has 2 fully saturated rings. The second kappa shape index (κ2) is 17.2. The van der Waals surface area contributed by atoms with Crippen LogP contribution >= 0.6 is 0 Å². The zero-order chi connectivity index (χ0) is 41.1. The van der Waals surface area contributed by atoms with Gasteiger partial charge in [0.2, 0.25) is 11.9 Å². The summed E-state index contributed by atoms with van der Waals surface area (Å²) in [5, 5.41) is 7.07.